The second kappa shape index (κ2) is 4.72. The van der Waals surface area contributed by atoms with Crippen molar-refractivity contribution >= 4 is 17.6 Å². The monoisotopic (exact) mass is 282 g/mol. The Morgan fingerprint density at radius 3 is 2.22 bits per heavy atom. The summed E-state index contributed by atoms with van der Waals surface area (Å²) >= 11 is 5.44. The van der Waals surface area contributed by atoms with Crippen LogP contribution in [0.25, 0.3) is 0 Å². The molecule has 1 aromatic rings. The molecule has 0 bridgehead atoms. The van der Waals surface area contributed by atoms with Gasteiger partial charge in [-0.3, -0.25) is 4.79 Å². The van der Waals surface area contributed by atoms with Crippen LogP contribution in [0.3, 0.4) is 0 Å². The molecule has 1 heterocycles. The average molecular weight is 283 g/mol. The Bertz CT molecular complexity index is 475. The lowest BCUT2D eigenvalue weighted by molar-refractivity contribution is -0.147. The molecule has 0 unspecified atom stereocenters. The molecule has 100 valence electrons. The fourth-order valence-corrected chi connectivity index (χ4v) is 1.43. The van der Waals surface area contributed by atoms with Crippen molar-refractivity contribution in [2.24, 2.45) is 0 Å². The standard InChI is InChI=1S/C10H10ClF3N2O2/c1-9(2,7(17)18-3)5-4-6(10(12,13)14)16-8(11)15-5/h4H,1-3H3. The van der Waals surface area contributed by atoms with Gasteiger partial charge in [-0.05, 0) is 31.5 Å². The first-order valence-corrected chi connectivity index (χ1v) is 5.17. The summed E-state index contributed by atoms with van der Waals surface area (Å²) in [7, 11) is 1.14. The number of hydrogen-bond donors (Lipinski definition) is 0. The number of carbonyl (C=O) groups excluding carboxylic acids is 1. The molecule has 18 heavy (non-hydrogen) atoms. The number of nitrogens with zero attached hydrogens (tertiary/aromatic N) is 2. The fraction of sp³-hybridized carbons (Fsp3) is 0.500. The molecule has 0 N–H and O–H groups in total. The minimum atomic E-state index is -4.66. The zero-order chi connectivity index (χ0) is 14.1. The molecule has 0 saturated heterocycles. The quantitative estimate of drug-likeness (QED) is 0.618. The third kappa shape index (κ3) is 2.90. The normalized spacial score (nSPS) is 12.4. The highest BCUT2D eigenvalue weighted by Gasteiger charge is 2.38. The maximum absolute atomic E-state index is 12.6. The molecule has 0 atom stereocenters. The highest BCUT2D eigenvalue weighted by Crippen LogP contribution is 2.32. The van der Waals surface area contributed by atoms with Gasteiger partial charge in [-0.15, -0.1) is 0 Å². The van der Waals surface area contributed by atoms with E-state index in [0.29, 0.717) is 6.07 Å². The van der Waals surface area contributed by atoms with Crippen LogP contribution < -0.4 is 0 Å². The van der Waals surface area contributed by atoms with E-state index in [4.69, 9.17) is 11.6 Å². The number of hydrogen-bond acceptors (Lipinski definition) is 4. The van der Waals surface area contributed by atoms with E-state index in [2.05, 4.69) is 14.7 Å². The summed E-state index contributed by atoms with van der Waals surface area (Å²) in [5.74, 6) is -0.717. The van der Waals surface area contributed by atoms with E-state index in [1.807, 2.05) is 0 Å². The number of alkyl halides is 3. The van der Waals surface area contributed by atoms with Crippen LogP contribution in [0.2, 0.25) is 5.28 Å². The molecule has 0 fully saturated rings. The second-order valence-corrected chi connectivity index (χ2v) is 4.36. The Kier molecular flexibility index (Phi) is 3.85. The lowest BCUT2D eigenvalue weighted by Crippen LogP contribution is -2.32. The minimum absolute atomic E-state index is 0.151. The smallest absolute Gasteiger partial charge is 0.433 e. The first kappa shape index (κ1) is 14.7. The Morgan fingerprint density at radius 1 is 1.28 bits per heavy atom. The van der Waals surface area contributed by atoms with Crippen molar-refractivity contribution in [3.63, 3.8) is 0 Å². The zero-order valence-electron chi connectivity index (χ0n) is 9.80. The number of esters is 1. The highest BCUT2D eigenvalue weighted by molar-refractivity contribution is 6.28. The summed E-state index contributed by atoms with van der Waals surface area (Å²) in [5.41, 5.74) is -2.70. The van der Waals surface area contributed by atoms with Crippen molar-refractivity contribution in [2.45, 2.75) is 25.4 Å². The summed E-state index contributed by atoms with van der Waals surface area (Å²) in [6.07, 6.45) is -4.66. The van der Waals surface area contributed by atoms with Gasteiger partial charge in [0.2, 0.25) is 5.28 Å². The summed E-state index contributed by atoms with van der Waals surface area (Å²) in [6.45, 7) is 2.77. The van der Waals surface area contributed by atoms with Crippen LogP contribution in [0.15, 0.2) is 6.07 Å². The molecule has 1 aromatic heterocycles. The maximum atomic E-state index is 12.6. The number of aromatic nitrogens is 2. The van der Waals surface area contributed by atoms with Crippen molar-refractivity contribution in [3.05, 3.63) is 22.7 Å². The SMILES string of the molecule is COC(=O)C(C)(C)c1cc(C(F)(F)F)nc(Cl)n1. The molecule has 0 aliphatic rings. The lowest BCUT2D eigenvalue weighted by Gasteiger charge is -2.21. The number of carbonyl (C=O) groups is 1. The van der Waals surface area contributed by atoms with Crippen LogP contribution in [0, 0.1) is 0 Å². The highest BCUT2D eigenvalue weighted by atomic mass is 35.5. The van der Waals surface area contributed by atoms with Crippen LogP contribution in [0.4, 0.5) is 13.2 Å². The van der Waals surface area contributed by atoms with E-state index in [-0.39, 0.29) is 5.69 Å². The predicted molar refractivity (Wildman–Crippen MR) is 57.1 cm³/mol. The summed E-state index contributed by atoms with van der Waals surface area (Å²) < 4.78 is 42.2. The van der Waals surface area contributed by atoms with Crippen molar-refractivity contribution in [2.75, 3.05) is 7.11 Å². The molecular formula is C10H10ClF3N2O2. The molecule has 4 nitrogen and oxygen atoms in total. The van der Waals surface area contributed by atoms with Gasteiger partial charge in [0.25, 0.3) is 0 Å². The average Bonchev–Trinajstić information content (AvgIpc) is 2.25. The molecule has 1 rings (SSSR count). The Labute approximate surface area is 106 Å². The first-order chi connectivity index (χ1) is 8.09. The van der Waals surface area contributed by atoms with Gasteiger partial charge in [0, 0.05) is 0 Å². The number of methoxy groups -OCH3 is 1. The van der Waals surface area contributed by atoms with E-state index >= 15 is 0 Å². The minimum Gasteiger partial charge on any atom is -0.468 e. The molecular weight excluding hydrogens is 273 g/mol. The topological polar surface area (TPSA) is 52.1 Å². The summed E-state index contributed by atoms with van der Waals surface area (Å²) in [6, 6.07) is 0.683. The molecule has 8 heteroatoms. The van der Waals surface area contributed by atoms with Crippen LogP contribution in [-0.2, 0) is 21.1 Å². The van der Waals surface area contributed by atoms with E-state index in [1.165, 1.54) is 13.8 Å². The van der Waals surface area contributed by atoms with E-state index < -0.39 is 28.5 Å². The molecule has 0 radical (unpaired) electrons. The van der Waals surface area contributed by atoms with Gasteiger partial charge < -0.3 is 4.74 Å². The summed E-state index contributed by atoms with van der Waals surface area (Å²) in [5, 5.41) is -0.572. The van der Waals surface area contributed by atoms with Gasteiger partial charge in [-0.2, -0.15) is 13.2 Å². The van der Waals surface area contributed by atoms with Gasteiger partial charge in [-0.25, -0.2) is 9.97 Å². The van der Waals surface area contributed by atoms with Crippen LogP contribution >= 0.6 is 11.6 Å². The van der Waals surface area contributed by atoms with Crippen LogP contribution in [0.5, 0.6) is 0 Å². The van der Waals surface area contributed by atoms with Crippen molar-refractivity contribution in [3.8, 4) is 0 Å². The Morgan fingerprint density at radius 2 is 1.78 bits per heavy atom. The van der Waals surface area contributed by atoms with Gasteiger partial charge in [0.1, 0.15) is 11.1 Å². The molecule has 0 aliphatic heterocycles. The first-order valence-electron chi connectivity index (χ1n) is 4.79. The zero-order valence-corrected chi connectivity index (χ0v) is 10.6. The van der Waals surface area contributed by atoms with Crippen molar-refractivity contribution < 1.29 is 22.7 Å². The van der Waals surface area contributed by atoms with E-state index in [1.54, 1.807) is 0 Å². The van der Waals surface area contributed by atoms with Crippen LogP contribution in [-0.4, -0.2) is 23.0 Å². The lowest BCUT2D eigenvalue weighted by atomic mass is 9.89. The number of halogens is 4. The van der Waals surface area contributed by atoms with Gasteiger partial charge >= 0.3 is 12.1 Å². The molecule has 0 aromatic carbocycles. The molecule has 0 saturated carbocycles. The number of ether oxygens (including phenoxy) is 1. The van der Waals surface area contributed by atoms with Crippen molar-refractivity contribution in [1.82, 2.24) is 9.97 Å². The largest absolute Gasteiger partial charge is 0.468 e. The Balaban J connectivity index is 3.35. The molecule has 0 spiro atoms. The number of rotatable bonds is 2. The van der Waals surface area contributed by atoms with E-state index in [0.717, 1.165) is 7.11 Å². The maximum Gasteiger partial charge on any atom is 0.433 e. The Hall–Kier alpha value is -1.37. The van der Waals surface area contributed by atoms with Gasteiger partial charge in [-0.1, -0.05) is 0 Å². The van der Waals surface area contributed by atoms with Crippen LogP contribution in [0.1, 0.15) is 25.2 Å². The summed E-state index contributed by atoms with van der Waals surface area (Å²) in [4.78, 5) is 18.2. The van der Waals surface area contributed by atoms with Gasteiger partial charge in [0.15, 0.2) is 0 Å². The van der Waals surface area contributed by atoms with E-state index in [9.17, 15) is 18.0 Å². The van der Waals surface area contributed by atoms with Crippen molar-refractivity contribution in [1.29, 1.82) is 0 Å². The van der Waals surface area contributed by atoms with Gasteiger partial charge in [0.05, 0.1) is 12.8 Å². The second-order valence-electron chi connectivity index (χ2n) is 4.02. The third-order valence-corrected chi connectivity index (χ3v) is 2.49. The third-order valence-electron chi connectivity index (χ3n) is 2.33. The molecule has 0 aliphatic carbocycles. The predicted octanol–water partition coefficient (Wildman–Crippen LogP) is 2.60. The fourth-order valence-electron chi connectivity index (χ4n) is 1.24. The molecule has 0 amide bonds.